The Balaban J connectivity index is 2.44. The van der Waals surface area contributed by atoms with Crippen LogP contribution >= 0.6 is 0 Å². The maximum atomic E-state index is 6.85. The van der Waals surface area contributed by atoms with E-state index < -0.39 is 18.4 Å². The van der Waals surface area contributed by atoms with Crippen molar-refractivity contribution in [2.75, 3.05) is 0 Å². The molecule has 0 aliphatic heterocycles. The third-order valence-corrected chi connectivity index (χ3v) is 21.8. The third-order valence-electron chi connectivity index (χ3n) is 5.74. The Morgan fingerprint density at radius 2 is 1.11 bits per heavy atom. The van der Waals surface area contributed by atoms with Gasteiger partial charge in [-0.3, -0.25) is 0 Å². The molecule has 0 amide bonds. The SMILES string of the molecule is CCC[CH2][Sn]([CH2]CCC)([CH2]CCC)[CH](Oc1ccccc1)c1ccccc1. The average Bonchev–Trinajstić information content (AvgIpc) is 2.73. The summed E-state index contributed by atoms with van der Waals surface area (Å²) in [5, 5.41) is 0. The van der Waals surface area contributed by atoms with Crippen LogP contribution in [-0.4, -0.2) is 18.4 Å². The Kier molecular flexibility index (Phi) is 10.3. The molecule has 0 bridgehead atoms. The summed E-state index contributed by atoms with van der Waals surface area (Å²) in [7, 11) is 0. The number of benzene rings is 2. The maximum absolute atomic E-state index is 6.85. The van der Waals surface area contributed by atoms with E-state index in [2.05, 4.69) is 81.4 Å². The van der Waals surface area contributed by atoms with Gasteiger partial charge in [0.05, 0.1) is 0 Å². The summed E-state index contributed by atoms with van der Waals surface area (Å²) in [6.45, 7) is 7.02. The van der Waals surface area contributed by atoms with Crippen LogP contribution in [0.25, 0.3) is 0 Å². The van der Waals surface area contributed by atoms with Crippen LogP contribution in [0.1, 0.15) is 69.0 Å². The summed E-state index contributed by atoms with van der Waals surface area (Å²) in [5.74, 6) is 1.04. The molecule has 0 aromatic heterocycles. The molecule has 2 aromatic carbocycles. The van der Waals surface area contributed by atoms with E-state index in [9.17, 15) is 0 Å². The van der Waals surface area contributed by atoms with Gasteiger partial charge in [-0.25, -0.2) is 0 Å². The van der Waals surface area contributed by atoms with Gasteiger partial charge < -0.3 is 0 Å². The van der Waals surface area contributed by atoms with E-state index in [0.29, 0.717) is 4.12 Å². The van der Waals surface area contributed by atoms with Gasteiger partial charge in [0, 0.05) is 0 Å². The van der Waals surface area contributed by atoms with Crippen molar-refractivity contribution in [1.29, 1.82) is 0 Å². The molecule has 2 rings (SSSR count). The predicted octanol–water partition coefficient (Wildman–Crippen LogP) is 8.20. The van der Waals surface area contributed by atoms with Crippen molar-refractivity contribution in [2.45, 2.75) is 76.7 Å². The van der Waals surface area contributed by atoms with Gasteiger partial charge in [0.25, 0.3) is 0 Å². The van der Waals surface area contributed by atoms with Gasteiger partial charge in [-0.15, -0.1) is 0 Å². The molecule has 1 atom stereocenters. The number of rotatable bonds is 13. The van der Waals surface area contributed by atoms with Crippen molar-refractivity contribution in [3.8, 4) is 5.75 Å². The van der Waals surface area contributed by atoms with Crippen molar-refractivity contribution in [1.82, 2.24) is 0 Å². The molecule has 2 aromatic rings. The average molecular weight is 473 g/mol. The van der Waals surface area contributed by atoms with E-state index >= 15 is 0 Å². The predicted molar refractivity (Wildman–Crippen MR) is 121 cm³/mol. The first-order valence-corrected chi connectivity index (χ1v) is 18.7. The first kappa shape index (κ1) is 22.3. The second kappa shape index (κ2) is 12.5. The Labute approximate surface area is 171 Å². The van der Waals surface area contributed by atoms with Crippen molar-refractivity contribution >= 4 is 18.4 Å². The van der Waals surface area contributed by atoms with E-state index in [1.165, 1.54) is 57.4 Å². The van der Waals surface area contributed by atoms with Gasteiger partial charge in [-0.1, -0.05) is 0 Å². The quantitative estimate of drug-likeness (QED) is 0.267. The number of hydrogen-bond donors (Lipinski definition) is 0. The van der Waals surface area contributed by atoms with E-state index in [1.807, 2.05) is 0 Å². The molecule has 0 saturated carbocycles. The van der Waals surface area contributed by atoms with Gasteiger partial charge in [-0.2, -0.15) is 0 Å². The fraction of sp³-hybridized carbons (Fsp3) is 0.520. The minimum absolute atomic E-state index is 0.326. The van der Waals surface area contributed by atoms with Gasteiger partial charge in [0.15, 0.2) is 0 Å². The van der Waals surface area contributed by atoms with Gasteiger partial charge in [-0.05, 0) is 0 Å². The first-order chi connectivity index (χ1) is 13.3. The zero-order valence-corrected chi connectivity index (χ0v) is 20.5. The fourth-order valence-electron chi connectivity index (χ4n) is 4.16. The molecule has 0 fully saturated rings. The monoisotopic (exact) mass is 474 g/mol. The Morgan fingerprint density at radius 1 is 0.667 bits per heavy atom. The van der Waals surface area contributed by atoms with Crippen LogP contribution in [0, 0.1) is 0 Å². The number of hydrogen-bond acceptors (Lipinski definition) is 1. The van der Waals surface area contributed by atoms with Crippen LogP contribution in [0.15, 0.2) is 60.7 Å². The fourth-order valence-corrected chi connectivity index (χ4v) is 21.3. The van der Waals surface area contributed by atoms with E-state index in [4.69, 9.17) is 4.74 Å². The zero-order valence-electron chi connectivity index (χ0n) is 17.6. The van der Waals surface area contributed by atoms with Crippen molar-refractivity contribution in [3.63, 3.8) is 0 Å². The Morgan fingerprint density at radius 3 is 1.56 bits per heavy atom. The van der Waals surface area contributed by atoms with Gasteiger partial charge in [0.2, 0.25) is 0 Å². The molecule has 0 N–H and O–H groups in total. The summed E-state index contributed by atoms with van der Waals surface area (Å²) in [5.41, 5.74) is 1.42. The summed E-state index contributed by atoms with van der Waals surface area (Å²) < 4.78 is 11.5. The van der Waals surface area contributed by atoms with Crippen molar-refractivity contribution < 1.29 is 4.74 Å². The molecular formula is C25H38OSn. The summed E-state index contributed by atoms with van der Waals surface area (Å²) in [6, 6.07) is 21.7. The summed E-state index contributed by atoms with van der Waals surface area (Å²) in [6.07, 6.45) is 7.98. The first-order valence-electron chi connectivity index (χ1n) is 11.0. The molecule has 0 aliphatic rings. The molecule has 0 spiro atoms. The number of ether oxygens (including phenoxy) is 1. The number of unbranched alkanes of at least 4 members (excludes halogenated alkanes) is 3. The van der Waals surface area contributed by atoms with Crippen LogP contribution in [0.5, 0.6) is 5.75 Å². The number of para-hydroxylation sites is 1. The van der Waals surface area contributed by atoms with Gasteiger partial charge in [0.1, 0.15) is 0 Å². The van der Waals surface area contributed by atoms with E-state index in [1.54, 1.807) is 0 Å². The Bertz CT molecular complexity index is 589. The van der Waals surface area contributed by atoms with E-state index in [0.717, 1.165) is 5.75 Å². The summed E-state index contributed by atoms with van der Waals surface area (Å²) >= 11 is -2.58. The van der Waals surface area contributed by atoms with Gasteiger partial charge >= 0.3 is 172 Å². The molecule has 1 unspecified atom stereocenters. The molecule has 27 heavy (non-hydrogen) atoms. The van der Waals surface area contributed by atoms with E-state index in [-0.39, 0.29) is 0 Å². The third kappa shape index (κ3) is 6.85. The molecular weight excluding hydrogens is 435 g/mol. The van der Waals surface area contributed by atoms with Crippen LogP contribution in [0.4, 0.5) is 0 Å². The normalized spacial score (nSPS) is 12.7. The molecule has 0 aliphatic carbocycles. The molecule has 148 valence electrons. The standard InChI is InChI=1S/C13H11O.3C4H9.Sn/c1-3-7-12(8-4-1)11-14-13-9-5-2-6-10-13;3*1-3-4-2;/h1-11H;3*1,3-4H2,2H3;. The second-order valence-electron chi connectivity index (χ2n) is 7.89. The van der Waals surface area contributed by atoms with Crippen molar-refractivity contribution in [2.24, 2.45) is 0 Å². The minimum atomic E-state index is -2.58. The van der Waals surface area contributed by atoms with Crippen LogP contribution < -0.4 is 4.74 Å². The van der Waals surface area contributed by atoms with Crippen LogP contribution in [0.2, 0.25) is 13.3 Å². The summed E-state index contributed by atoms with van der Waals surface area (Å²) in [4.78, 5) is 0. The molecule has 0 heterocycles. The molecule has 0 radical (unpaired) electrons. The Hall–Kier alpha value is -0.961. The van der Waals surface area contributed by atoms with Crippen molar-refractivity contribution in [3.05, 3.63) is 66.2 Å². The van der Waals surface area contributed by atoms with Crippen LogP contribution in [0.3, 0.4) is 0 Å². The van der Waals surface area contributed by atoms with Crippen LogP contribution in [-0.2, 0) is 0 Å². The zero-order chi connectivity index (χ0) is 19.4. The molecule has 2 heteroatoms. The molecule has 0 saturated heterocycles. The topological polar surface area (TPSA) is 9.23 Å². The second-order valence-corrected chi connectivity index (χ2v) is 21.4. The molecule has 1 nitrogen and oxygen atoms in total.